The van der Waals surface area contributed by atoms with Crippen LogP contribution in [-0.4, -0.2) is 23.4 Å². The van der Waals surface area contributed by atoms with Gasteiger partial charge in [0, 0.05) is 0 Å². The van der Waals surface area contributed by atoms with E-state index in [1.54, 1.807) is 17.4 Å². The van der Waals surface area contributed by atoms with Crippen LogP contribution in [0.5, 0.6) is 0 Å². The Balaban J connectivity index is 2.31. The van der Waals surface area contributed by atoms with Crippen molar-refractivity contribution in [1.82, 2.24) is 5.23 Å². The second-order valence-electron chi connectivity index (χ2n) is 2.58. The number of benzene rings is 1. The molecule has 0 aliphatic rings. The van der Waals surface area contributed by atoms with E-state index in [1.165, 1.54) is 0 Å². The lowest BCUT2D eigenvalue weighted by Crippen LogP contribution is -2.39. The first-order chi connectivity index (χ1) is 6.68. The molecule has 0 aliphatic heterocycles. The first-order valence-corrected chi connectivity index (χ1v) is 4.02. The van der Waals surface area contributed by atoms with Gasteiger partial charge in [-0.05, 0) is 5.56 Å². The fourth-order valence-corrected chi connectivity index (χ4v) is 0.870. The summed E-state index contributed by atoms with van der Waals surface area (Å²) in [5.41, 5.74) is 0.829. The van der Waals surface area contributed by atoms with Crippen LogP contribution >= 0.6 is 0 Å². The Bertz CT molecular complexity index is 291. The van der Waals surface area contributed by atoms with Crippen LogP contribution in [0.2, 0.25) is 0 Å². The Kier molecular flexibility index (Phi) is 3.96. The average Bonchev–Trinajstić information content (AvgIpc) is 2.15. The summed E-state index contributed by atoms with van der Waals surface area (Å²) in [6, 6.07) is 9.07. The van der Waals surface area contributed by atoms with E-state index in [0.29, 0.717) is 0 Å². The maximum absolute atomic E-state index is 10.8. The molecule has 0 atom stereocenters. The van der Waals surface area contributed by atoms with Gasteiger partial charge in [-0.1, -0.05) is 30.3 Å². The summed E-state index contributed by atoms with van der Waals surface area (Å²) in [6.07, 6.45) is -0.871. The minimum atomic E-state index is -1.89. The summed E-state index contributed by atoms with van der Waals surface area (Å²) < 4.78 is 4.67. The number of nitrogens with one attached hydrogen (secondary N) is 1. The highest BCUT2D eigenvalue weighted by Crippen LogP contribution is 2.00. The van der Waals surface area contributed by atoms with Crippen LogP contribution in [0, 0.1) is 0 Å². The molecule has 1 amide bonds. The van der Waals surface area contributed by atoms with E-state index in [4.69, 9.17) is 10.0 Å². The van der Waals surface area contributed by atoms with Crippen molar-refractivity contribution in [3.63, 3.8) is 0 Å². The molecule has 5 nitrogen and oxygen atoms in total. The molecule has 1 rings (SSSR count). The molecule has 0 spiro atoms. The van der Waals surface area contributed by atoms with Crippen molar-refractivity contribution < 1.29 is 19.6 Å². The van der Waals surface area contributed by atoms with Crippen LogP contribution in [0.25, 0.3) is 0 Å². The maximum atomic E-state index is 10.8. The van der Waals surface area contributed by atoms with E-state index in [-0.39, 0.29) is 6.61 Å². The molecule has 0 aromatic heterocycles. The predicted octanol–water partition coefficient (Wildman–Crippen LogP) is -0.118. The topological polar surface area (TPSA) is 78.8 Å². The van der Waals surface area contributed by atoms with E-state index >= 15 is 0 Å². The van der Waals surface area contributed by atoms with Gasteiger partial charge in [-0.2, -0.15) is 0 Å². The van der Waals surface area contributed by atoms with Crippen molar-refractivity contribution >= 4 is 13.3 Å². The zero-order chi connectivity index (χ0) is 10.4. The molecular formula is C8H10BNO4. The number of rotatable bonds is 3. The number of hydrogen-bond donors (Lipinski definition) is 3. The van der Waals surface area contributed by atoms with Crippen LogP contribution in [-0.2, 0) is 11.3 Å². The van der Waals surface area contributed by atoms with Gasteiger partial charge in [0.15, 0.2) is 0 Å². The number of carbonyl (C=O) groups is 1. The van der Waals surface area contributed by atoms with E-state index in [2.05, 4.69) is 4.74 Å². The predicted molar refractivity (Wildman–Crippen MR) is 50.0 cm³/mol. The molecule has 0 fully saturated rings. The fourth-order valence-electron chi connectivity index (χ4n) is 0.870. The Morgan fingerprint density at radius 2 is 2.00 bits per heavy atom. The van der Waals surface area contributed by atoms with Crippen LogP contribution in [0.1, 0.15) is 5.56 Å². The lowest BCUT2D eigenvalue weighted by atomic mass is 10.2. The van der Waals surface area contributed by atoms with Gasteiger partial charge in [0.05, 0.1) is 0 Å². The largest absolute Gasteiger partial charge is 0.590 e. The van der Waals surface area contributed by atoms with Gasteiger partial charge in [0.1, 0.15) is 6.61 Å². The van der Waals surface area contributed by atoms with Gasteiger partial charge in [-0.15, -0.1) is 0 Å². The summed E-state index contributed by atoms with van der Waals surface area (Å²) in [5.74, 6) is 0. The van der Waals surface area contributed by atoms with Crippen molar-refractivity contribution in [1.29, 1.82) is 0 Å². The smallest absolute Gasteiger partial charge is 0.445 e. The molecule has 0 heterocycles. The normalized spacial score (nSPS) is 9.29. The SMILES string of the molecule is O=C(NB(O)O)OCc1ccccc1. The van der Waals surface area contributed by atoms with Crippen molar-refractivity contribution in [2.24, 2.45) is 0 Å². The Morgan fingerprint density at radius 1 is 1.36 bits per heavy atom. The lowest BCUT2D eigenvalue weighted by Gasteiger charge is -2.05. The van der Waals surface area contributed by atoms with Gasteiger partial charge in [-0.3, -0.25) is 0 Å². The molecule has 3 N–H and O–H groups in total. The van der Waals surface area contributed by atoms with Gasteiger partial charge in [0.2, 0.25) is 0 Å². The summed E-state index contributed by atoms with van der Waals surface area (Å²) in [6.45, 7) is 0.0966. The van der Waals surface area contributed by atoms with Gasteiger partial charge < -0.3 is 20.0 Å². The standard InChI is InChI=1S/C8H10BNO4/c11-8(10-9(12)13)14-6-7-4-2-1-3-5-7/h1-5,12-13H,6H2,(H,10,11). The Labute approximate surface area is 81.5 Å². The quantitative estimate of drug-likeness (QED) is 0.587. The molecule has 0 radical (unpaired) electrons. The van der Waals surface area contributed by atoms with E-state index in [1.807, 2.05) is 18.2 Å². The van der Waals surface area contributed by atoms with Crippen LogP contribution in [0.15, 0.2) is 30.3 Å². The third-order valence-electron chi connectivity index (χ3n) is 1.46. The fraction of sp³-hybridized carbons (Fsp3) is 0.125. The second kappa shape index (κ2) is 5.26. The third-order valence-corrected chi connectivity index (χ3v) is 1.46. The Hall–Kier alpha value is -1.53. The van der Waals surface area contributed by atoms with Gasteiger partial charge in [-0.25, -0.2) is 4.79 Å². The van der Waals surface area contributed by atoms with Crippen LogP contribution in [0.3, 0.4) is 0 Å². The number of carbonyl (C=O) groups excluding carboxylic acids is 1. The molecule has 1 aromatic rings. The van der Waals surface area contributed by atoms with E-state index in [0.717, 1.165) is 5.56 Å². The minimum Gasteiger partial charge on any atom is -0.445 e. The zero-order valence-corrected chi connectivity index (χ0v) is 7.38. The molecule has 1 aromatic carbocycles. The highest BCUT2D eigenvalue weighted by molar-refractivity contribution is 6.41. The molecule has 0 saturated heterocycles. The molecular weight excluding hydrogens is 185 g/mol. The summed E-state index contributed by atoms with van der Waals surface area (Å²) in [7, 11) is -1.89. The third kappa shape index (κ3) is 3.93. The molecule has 0 aliphatic carbocycles. The van der Waals surface area contributed by atoms with Gasteiger partial charge >= 0.3 is 13.3 Å². The van der Waals surface area contributed by atoms with Gasteiger partial charge in [0.25, 0.3) is 0 Å². The van der Waals surface area contributed by atoms with Crippen molar-refractivity contribution in [2.75, 3.05) is 0 Å². The molecule has 6 heteroatoms. The summed E-state index contributed by atoms with van der Waals surface area (Å²) in [4.78, 5) is 10.8. The molecule has 0 saturated carbocycles. The summed E-state index contributed by atoms with van der Waals surface area (Å²) in [5, 5.41) is 18.5. The number of amides is 1. The highest BCUT2D eigenvalue weighted by Gasteiger charge is 2.12. The number of hydrogen-bond acceptors (Lipinski definition) is 4. The maximum Gasteiger partial charge on any atom is 0.590 e. The molecule has 0 bridgehead atoms. The summed E-state index contributed by atoms with van der Waals surface area (Å²) >= 11 is 0. The highest BCUT2D eigenvalue weighted by atomic mass is 16.6. The Morgan fingerprint density at radius 3 is 2.57 bits per heavy atom. The van der Waals surface area contributed by atoms with Crippen molar-refractivity contribution in [2.45, 2.75) is 6.61 Å². The number of ether oxygens (including phenoxy) is 1. The second-order valence-corrected chi connectivity index (χ2v) is 2.58. The zero-order valence-electron chi connectivity index (χ0n) is 7.38. The van der Waals surface area contributed by atoms with Crippen LogP contribution < -0.4 is 5.23 Å². The van der Waals surface area contributed by atoms with Crippen molar-refractivity contribution in [3.8, 4) is 0 Å². The average molecular weight is 195 g/mol. The molecule has 0 unspecified atom stereocenters. The first kappa shape index (κ1) is 10.6. The van der Waals surface area contributed by atoms with Crippen LogP contribution in [0.4, 0.5) is 4.79 Å². The van der Waals surface area contributed by atoms with Crippen molar-refractivity contribution in [3.05, 3.63) is 35.9 Å². The van der Waals surface area contributed by atoms with E-state index < -0.39 is 13.3 Å². The van der Waals surface area contributed by atoms with E-state index in [9.17, 15) is 4.79 Å². The first-order valence-electron chi connectivity index (χ1n) is 4.02. The lowest BCUT2D eigenvalue weighted by molar-refractivity contribution is 0.142. The molecule has 74 valence electrons. The monoisotopic (exact) mass is 195 g/mol. The minimum absolute atomic E-state index is 0.0966. The molecule has 14 heavy (non-hydrogen) atoms.